The van der Waals surface area contributed by atoms with Gasteiger partial charge in [-0.05, 0) is 24.5 Å². The number of carbonyl (C=O) groups is 1. The van der Waals surface area contributed by atoms with Crippen molar-refractivity contribution in [2.75, 3.05) is 19.6 Å². The lowest BCUT2D eigenvalue weighted by atomic mass is 10.00. The third-order valence-electron chi connectivity index (χ3n) is 3.35. The van der Waals surface area contributed by atoms with Crippen LogP contribution in [-0.2, 0) is 17.8 Å². The first-order valence-electron chi connectivity index (χ1n) is 6.49. The van der Waals surface area contributed by atoms with Gasteiger partial charge in [0, 0.05) is 26.2 Å². The smallest absolute Gasteiger partial charge is 0.236 e. The fourth-order valence-corrected chi connectivity index (χ4v) is 2.24. The molecular formula is C14H22ClN3O. The molecule has 5 heteroatoms. The minimum Gasteiger partial charge on any atom is -0.353 e. The topological polar surface area (TPSA) is 58.4 Å². The zero-order valence-electron chi connectivity index (χ0n) is 11.3. The van der Waals surface area contributed by atoms with E-state index in [2.05, 4.69) is 34.5 Å². The van der Waals surface area contributed by atoms with E-state index in [-0.39, 0.29) is 18.3 Å². The van der Waals surface area contributed by atoms with Gasteiger partial charge in [0.05, 0.1) is 6.04 Å². The fraction of sp³-hybridized carbons (Fsp3) is 0.500. The molecule has 1 aromatic rings. The Bertz CT molecular complexity index is 423. The molecule has 0 saturated heterocycles. The van der Waals surface area contributed by atoms with Gasteiger partial charge in [-0.2, -0.15) is 0 Å². The third kappa shape index (κ3) is 4.49. The Morgan fingerprint density at radius 1 is 1.42 bits per heavy atom. The van der Waals surface area contributed by atoms with Crippen molar-refractivity contribution >= 4 is 18.3 Å². The molecule has 1 aliphatic heterocycles. The highest BCUT2D eigenvalue weighted by molar-refractivity contribution is 5.85. The largest absolute Gasteiger partial charge is 0.353 e. The third-order valence-corrected chi connectivity index (χ3v) is 3.35. The summed E-state index contributed by atoms with van der Waals surface area (Å²) in [5.74, 6) is -0.0765. The number of hydrogen-bond acceptors (Lipinski definition) is 3. The number of benzene rings is 1. The van der Waals surface area contributed by atoms with Crippen LogP contribution in [0, 0.1) is 0 Å². The molecular weight excluding hydrogens is 262 g/mol. The number of carbonyl (C=O) groups excluding carboxylic acids is 1. The molecule has 1 amide bonds. The number of halogens is 1. The molecule has 0 radical (unpaired) electrons. The van der Waals surface area contributed by atoms with Crippen LogP contribution in [0.2, 0.25) is 0 Å². The molecule has 1 heterocycles. The maximum atomic E-state index is 11.3. The van der Waals surface area contributed by atoms with Crippen LogP contribution in [0.1, 0.15) is 18.1 Å². The summed E-state index contributed by atoms with van der Waals surface area (Å²) < 4.78 is 0. The van der Waals surface area contributed by atoms with E-state index >= 15 is 0 Å². The molecule has 0 aliphatic carbocycles. The first-order valence-corrected chi connectivity index (χ1v) is 6.49. The number of nitrogens with zero attached hydrogens (tertiary/aromatic N) is 1. The van der Waals surface area contributed by atoms with Crippen LogP contribution in [0.5, 0.6) is 0 Å². The summed E-state index contributed by atoms with van der Waals surface area (Å²) in [5, 5.41) is 2.85. The highest BCUT2D eigenvalue weighted by Gasteiger charge is 2.15. The Morgan fingerprint density at radius 2 is 2.11 bits per heavy atom. The van der Waals surface area contributed by atoms with Crippen LogP contribution in [0.15, 0.2) is 24.3 Å². The number of nitrogens with one attached hydrogen (secondary N) is 1. The molecule has 1 unspecified atom stereocenters. The predicted molar refractivity (Wildman–Crippen MR) is 79.3 cm³/mol. The van der Waals surface area contributed by atoms with E-state index < -0.39 is 6.04 Å². The summed E-state index contributed by atoms with van der Waals surface area (Å²) >= 11 is 0. The van der Waals surface area contributed by atoms with Crippen molar-refractivity contribution in [3.05, 3.63) is 35.4 Å². The molecule has 19 heavy (non-hydrogen) atoms. The molecule has 0 saturated carbocycles. The Hall–Kier alpha value is -1.10. The maximum Gasteiger partial charge on any atom is 0.236 e. The summed E-state index contributed by atoms with van der Waals surface area (Å²) in [5.41, 5.74) is 8.35. The minimum atomic E-state index is -0.424. The highest BCUT2D eigenvalue weighted by Crippen LogP contribution is 2.17. The molecule has 1 atom stereocenters. The van der Waals surface area contributed by atoms with Gasteiger partial charge in [-0.15, -0.1) is 12.4 Å². The molecule has 1 aliphatic rings. The Balaban J connectivity index is 0.00000180. The molecule has 3 N–H and O–H groups in total. The quantitative estimate of drug-likeness (QED) is 0.864. The van der Waals surface area contributed by atoms with Crippen LogP contribution < -0.4 is 11.1 Å². The zero-order chi connectivity index (χ0) is 13.0. The summed E-state index contributed by atoms with van der Waals surface area (Å²) in [7, 11) is 0. The molecule has 106 valence electrons. The van der Waals surface area contributed by atoms with Gasteiger partial charge in [0.1, 0.15) is 0 Å². The van der Waals surface area contributed by atoms with E-state index in [0.717, 1.165) is 26.1 Å². The second-order valence-electron chi connectivity index (χ2n) is 4.87. The predicted octanol–water partition coefficient (Wildman–Crippen LogP) is 0.930. The normalized spacial score (nSPS) is 16.1. The van der Waals surface area contributed by atoms with Gasteiger partial charge in [0.2, 0.25) is 5.91 Å². The highest BCUT2D eigenvalue weighted by atomic mass is 35.5. The number of hydrogen-bond donors (Lipinski definition) is 2. The number of rotatable bonds is 4. The van der Waals surface area contributed by atoms with E-state index in [9.17, 15) is 4.79 Å². The van der Waals surface area contributed by atoms with Crippen molar-refractivity contribution < 1.29 is 4.79 Å². The van der Waals surface area contributed by atoms with Crippen LogP contribution in [-0.4, -0.2) is 36.5 Å². The van der Waals surface area contributed by atoms with Crippen LogP contribution >= 0.6 is 12.4 Å². The summed E-state index contributed by atoms with van der Waals surface area (Å²) in [6.07, 6.45) is 1.09. The van der Waals surface area contributed by atoms with Gasteiger partial charge in [-0.1, -0.05) is 24.3 Å². The van der Waals surface area contributed by atoms with E-state index in [1.54, 1.807) is 6.92 Å². The summed E-state index contributed by atoms with van der Waals surface area (Å²) in [6.45, 7) is 5.29. The van der Waals surface area contributed by atoms with Crippen molar-refractivity contribution in [3.8, 4) is 0 Å². The van der Waals surface area contributed by atoms with E-state index in [0.29, 0.717) is 6.54 Å². The van der Waals surface area contributed by atoms with Crippen molar-refractivity contribution in [3.63, 3.8) is 0 Å². The van der Waals surface area contributed by atoms with E-state index in [1.807, 2.05) is 0 Å². The SMILES string of the molecule is CC(N)C(=O)NCCN1CCc2ccccc2C1.Cl. The molecule has 2 rings (SSSR count). The monoisotopic (exact) mass is 283 g/mol. The molecule has 0 spiro atoms. The van der Waals surface area contributed by atoms with Gasteiger partial charge in [-0.25, -0.2) is 0 Å². The first-order chi connectivity index (χ1) is 8.66. The first kappa shape index (κ1) is 16.0. The molecule has 0 aromatic heterocycles. The lowest BCUT2D eigenvalue weighted by Crippen LogP contribution is -2.43. The van der Waals surface area contributed by atoms with Gasteiger partial charge in [0.15, 0.2) is 0 Å². The molecule has 0 fully saturated rings. The van der Waals surface area contributed by atoms with Gasteiger partial charge in [0.25, 0.3) is 0 Å². The summed E-state index contributed by atoms with van der Waals surface area (Å²) in [6, 6.07) is 8.14. The lowest BCUT2D eigenvalue weighted by Gasteiger charge is -2.28. The van der Waals surface area contributed by atoms with Crippen molar-refractivity contribution in [1.29, 1.82) is 0 Å². The van der Waals surface area contributed by atoms with Gasteiger partial charge >= 0.3 is 0 Å². The van der Waals surface area contributed by atoms with Crippen molar-refractivity contribution in [2.45, 2.75) is 25.9 Å². The van der Waals surface area contributed by atoms with Crippen molar-refractivity contribution in [2.24, 2.45) is 5.73 Å². The Kier molecular flexibility index (Phi) is 6.28. The Labute approximate surface area is 120 Å². The average molecular weight is 284 g/mol. The zero-order valence-corrected chi connectivity index (χ0v) is 12.1. The van der Waals surface area contributed by atoms with Gasteiger partial charge in [-0.3, -0.25) is 9.69 Å². The van der Waals surface area contributed by atoms with E-state index in [4.69, 9.17) is 5.73 Å². The average Bonchev–Trinajstić information content (AvgIpc) is 2.38. The van der Waals surface area contributed by atoms with E-state index in [1.165, 1.54) is 11.1 Å². The second-order valence-corrected chi connectivity index (χ2v) is 4.87. The number of amides is 1. The van der Waals surface area contributed by atoms with Crippen LogP contribution in [0.4, 0.5) is 0 Å². The van der Waals surface area contributed by atoms with Crippen molar-refractivity contribution in [1.82, 2.24) is 10.2 Å². The van der Waals surface area contributed by atoms with Crippen LogP contribution in [0.3, 0.4) is 0 Å². The maximum absolute atomic E-state index is 11.3. The number of fused-ring (bicyclic) bond motifs is 1. The second kappa shape index (κ2) is 7.48. The standard InChI is InChI=1S/C14H21N3O.ClH/c1-11(15)14(18)16-7-9-17-8-6-12-4-2-3-5-13(12)10-17;/h2-5,11H,6-10,15H2,1H3,(H,16,18);1H. The van der Waals surface area contributed by atoms with Crippen LogP contribution in [0.25, 0.3) is 0 Å². The minimum absolute atomic E-state index is 0. The molecule has 1 aromatic carbocycles. The molecule has 0 bridgehead atoms. The number of nitrogens with two attached hydrogens (primary N) is 1. The molecule has 4 nitrogen and oxygen atoms in total. The van der Waals surface area contributed by atoms with Gasteiger partial charge < -0.3 is 11.1 Å². The summed E-state index contributed by atoms with van der Waals surface area (Å²) in [4.78, 5) is 13.7. The fourth-order valence-electron chi connectivity index (χ4n) is 2.24. The Morgan fingerprint density at radius 3 is 2.79 bits per heavy atom. The lowest BCUT2D eigenvalue weighted by molar-refractivity contribution is -0.122.